The third kappa shape index (κ3) is 4.67. The number of rotatable bonds is 6. The Morgan fingerprint density at radius 3 is 2.72 bits per heavy atom. The minimum absolute atomic E-state index is 0.117. The lowest BCUT2D eigenvalue weighted by molar-refractivity contribution is -0.151. The molecule has 1 heterocycles. The van der Waals surface area contributed by atoms with Crippen molar-refractivity contribution in [2.45, 2.75) is 52.4 Å². The van der Waals surface area contributed by atoms with Crippen molar-refractivity contribution in [3.05, 3.63) is 0 Å². The summed E-state index contributed by atoms with van der Waals surface area (Å²) in [6.45, 7) is 5.70. The first-order chi connectivity index (χ1) is 8.69. The zero-order chi connectivity index (χ0) is 13.4. The molecule has 0 unspecified atom stereocenters. The second-order valence-electron chi connectivity index (χ2n) is 4.89. The lowest BCUT2D eigenvalue weighted by Gasteiger charge is -2.31. The van der Waals surface area contributed by atoms with E-state index in [0.29, 0.717) is 19.6 Å². The Morgan fingerprint density at radius 1 is 1.28 bits per heavy atom. The SMILES string of the molecule is CCCCCC(=O)N1CCC[C@H](C(=O)OCC)C1. The van der Waals surface area contributed by atoms with Crippen molar-refractivity contribution in [2.24, 2.45) is 5.92 Å². The summed E-state index contributed by atoms with van der Waals surface area (Å²) in [6, 6.07) is 0. The van der Waals surface area contributed by atoms with Crippen LogP contribution in [0, 0.1) is 5.92 Å². The van der Waals surface area contributed by atoms with Crippen LogP contribution in [0.3, 0.4) is 0 Å². The number of hydrogen-bond donors (Lipinski definition) is 0. The molecule has 18 heavy (non-hydrogen) atoms. The molecule has 0 spiro atoms. The molecular weight excluding hydrogens is 230 g/mol. The highest BCUT2D eigenvalue weighted by Crippen LogP contribution is 2.19. The van der Waals surface area contributed by atoms with E-state index in [-0.39, 0.29) is 17.8 Å². The largest absolute Gasteiger partial charge is 0.466 e. The summed E-state index contributed by atoms with van der Waals surface area (Å²) >= 11 is 0. The molecule has 0 radical (unpaired) electrons. The minimum Gasteiger partial charge on any atom is -0.466 e. The predicted octanol–water partition coefficient (Wildman–Crippen LogP) is 2.37. The molecule has 0 N–H and O–H groups in total. The van der Waals surface area contributed by atoms with E-state index in [1.807, 2.05) is 11.8 Å². The second-order valence-corrected chi connectivity index (χ2v) is 4.89. The Balaban J connectivity index is 2.38. The third-order valence-corrected chi connectivity index (χ3v) is 3.39. The van der Waals surface area contributed by atoms with Gasteiger partial charge in [0.1, 0.15) is 0 Å². The lowest BCUT2D eigenvalue weighted by atomic mass is 9.97. The molecule has 4 heteroatoms. The van der Waals surface area contributed by atoms with Crippen LogP contribution in [0.25, 0.3) is 0 Å². The molecule has 1 fully saturated rings. The van der Waals surface area contributed by atoms with Gasteiger partial charge in [0.25, 0.3) is 0 Å². The number of nitrogens with zero attached hydrogens (tertiary/aromatic N) is 1. The van der Waals surface area contributed by atoms with Gasteiger partial charge in [-0.3, -0.25) is 9.59 Å². The van der Waals surface area contributed by atoms with Crippen LogP contribution >= 0.6 is 0 Å². The van der Waals surface area contributed by atoms with E-state index in [1.165, 1.54) is 0 Å². The van der Waals surface area contributed by atoms with E-state index in [4.69, 9.17) is 4.74 Å². The molecule has 1 amide bonds. The molecule has 104 valence electrons. The first kappa shape index (κ1) is 15.0. The summed E-state index contributed by atoms with van der Waals surface area (Å²) in [5, 5.41) is 0. The molecule has 4 nitrogen and oxygen atoms in total. The molecule has 1 atom stereocenters. The molecule has 0 aromatic heterocycles. The van der Waals surface area contributed by atoms with E-state index in [1.54, 1.807) is 0 Å². The normalized spacial score (nSPS) is 19.7. The number of likely N-dealkylation sites (tertiary alicyclic amines) is 1. The molecule has 0 bridgehead atoms. The van der Waals surface area contributed by atoms with Crippen LogP contribution in [-0.2, 0) is 14.3 Å². The summed E-state index contributed by atoms with van der Waals surface area (Å²) in [6.07, 6.45) is 5.54. The zero-order valence-electron chi connectivity index (χ0n) is 11.6. The molecule has 1 saturated heterocycles. The van der Waals surface area contributed by atoms with Crippen LogP contribution in [0.2, 0.25) is 0 Å². The summed E-state index contributed by atoms with van der Waals surface area (Å²) in [5.74, 6) is -0.0742. The Labute approximate surface area is 110 Å². The Morgan fingerprint density at radius 2 is 2.06 bits per heavy atom. The number of unbranched alkanes of at least 4 members (excludes halogenated alkanes) is 2. The number of hydrogen-bond acceptors (Lipinski definition) is 3. The number of carbonyl (C=O) groups is 2. The summed E-state index contributed by atoms with van der Waals surface area (Å²) < 4.78 is 5.03. The average molecular weight is 255 g/mol. The van der Waals surface area contributed by atoms with Gasteiger partial charge in [0.05, 0.1) is 12.5 Å². The highest BCUT2D eigenvalue weighted by atomic mass is 16.5. The fourth-order valence-corrected chi connectivity index (χ4v) is 2.34. The molecule has 0 saturated carbocycles. The molecule has 1 aliphatic rings. The van der Waals surface area contributed by atoms with Gasteiger partial charge in [0.2, 0.25) is 5.91 Å². The van der Waals surface area contributed by atoms with Crippen molar-refractivity contribution in [2.75, 3.05) is 19.7 Å². The van der Waals surface area contributed by atoms with Gasteiger partial charge in [-0.25, -0.2) is 0 Å². The van der Waals surface area contributed by atoms with Gasteiger partial charge in [-0.05, 0) is 26.2 Å². The molecule has 0 aromatic rings. The highest BCUT2D eigenvalue weighted by Gasteiger charge is 2.28. The van der Waals surface area contributed by atoms with Crippen LogP contribution < -0.4 is 0 Å². The van der Waals surface area contributed by atoms with Crippen molar-refractivity contribution in [3.63, 3.8) is 0 Å². The average Bonchev–Trinajstić information content (AvgIpc) is 2.39. The third-order valence-electron chi connectivity index (χ3n) is 3.39. The summed E-state index contributed by atoms with van der Waals surface area (Å²) in [4.78, 5) is 25.5. The van der Waals surface area contributed by atoms with E-state index in [2.05, 4.69) is 6.92 Å². The maximum Gasteiger partial charge on any atom is 0.310 e. The first-order valence-electron chi connectivity index (χ1n) is 7.13. The second kappa shape index (κ2) is 8.11. The smallest absolute Gasteiger partial charge is 0.310 e. The van der Waals surface area contributed by atoms with Crippen molar-refractivity contribution in [1.82, 2.24) is 4.90 Å². The number of esters is 1. The highest BCUT2D eigenvalue weighted by molar-refractivity contribution is 5.78. The van der Waals surface area contributed by atoms with Crippen molar-refractivity contribution >= 4 is 11.9 Å². The maximum absolute atomic E-state index is 12.0. The Hall–Kier alpha value is -1.06. The minimum atomic E-state index is -0.149. The zero-order valence-corrected chi connectivity index (χ0v) is 11.6. The number of carbonyl (C=O) groups excluding carboxylic acids is 2. The van der Waals surface area contributed by atoms with Gasteiger partial charge in [-0.2, -0.15) is 0 Å². The van der Waals surface area contributed by atoms with Gasteiger partial charge in [-0.1, -0.05) is 19.8 Å². The van der Waals surface area contributed by atoms with Gasteiger partial charge in [-0.15, -0.1) is 0 Å². The van der Waals surface area contributed by atoms with Crippen LogP contribution in [0.1, 0.15) is 52.4 Å². The van der Waals surface area contributed by atoms with Gasteiger partial charge < -0.3 is 9.64 Å². The van der Waals surface area contributed by atoms with E-state index in [0.717, 1.165) is 38.6 Å². The standard InChI is InChI=1S/C14H25NO3/c1-3-5-6-9-13(16)15-10-7-8-12(11-15)14(17)18-4-2/h12H,3-11H2,1-2H3/t12-/m0/s1. The van der Waals surface area contributed by atoms with Crippen molar-refractivity contribution in [1.29, 1.82) is 0 Å². The monoisotopic (exact) mass is 255 g/mol. The molecule has 0 aliphatic carbocycles. The molecule has 1 rings (SSSR count). The fraction of sp³-hybridized carbons (Fsp3) is 0.857. The number of amides is 1. The summed E-state index contributed by atoms with van der Waals surface area (Å²) in [5.41, 5.74) is 0. The van der Waals surface area contributed by atoms with Crippen LogP contribution in [0.15, 0.2) is 0 Å². The van der Waals surface area contributed by atoms with Crippen LogP contribution in [-0.4, -0.2) is 36.5 Å². The maximum atomic E-state index is 12.0. The number of piperidine rings is 1. The van der Waals surface area contributed by atoms with E-state index >= 15 is 0 Å². The van der Waals surface area contributed by atoms with Gasteiger partial charge in [0.15, 0.2) is 0 Å². The molecular formula is C14H25NO3. The molecule has 0 aromatic carbocycles. The lowest BCUT2D eigenvalue weighted by Crippen LogP contribution is -2.42. The van der Waals surface area contributed by atoms with Gasteiger partial charge in [0, 0.05) is 19.5 Å². The fourth-order valence-electron chi connectivity index (χ4n) is 2.34. The van der Waals surface area contributed by atoms with E-state index < -0.39 is 0 Å². The van der Waals surface area contributed by atoms with E-state index in [9.17, 15) is 9.59 Å². The number of ether oxygens (including phenoxy) is 1. The van der Waals surface area contributed by atoms with Crippen LogP contribution in [0.5, 0.6) is 0 Å². The topological polar surface area (TPSA) is 46.6 Å². The molecule has 1 aliphatic heterocycles. The van der Waals surface area contributed by atoms with Gasteiger partial charge >= 0.3 is 5.97 Å². The van der Waals surface area contributed by atoms with Crippen LogP contribution in [0.4, 0.5) is 0 Å². The van der Waals surface area contributed by atoms with Crippen molar-refractivity contribution in [3.8, 4) is 0 Å². The Bertz CT molecular complexity index is 278. The Kier molecular flexibility index (Phi) is 6.76. The van der Waals surface area contributed by atoms with Crippen molar-refractivity contribution < 1.29 is 14.3 Å². The quantitative estimate of drug-likeness (QED) is 0.540. The predicted molar refractivity (Wildman–Crippen MR) is 70.1 cm³/mol. The summed E-state index contributed by atoms with van der Waals surface area (Å²) in [7, 11) is 0. The first-order valence-corrected chi connectivity index (χ1v) is 7.13.